The highest BCUT2D eigenvalue weighted by Gasteiger charge is 2.18. The van der Waals surface area contributed by atoms with Crippen LogP contribution in [0.5, 0.6) is 0 Å². The maximum Gasteiger partial charge on any atom is 0.158 e. The van der Waals surface area contributed by atoms with E-state index in [1.54, 1.807) is 6.08 Å². The molecule has 2 rings (SSSR count). The quantitative estimate of drug-likeness (QED) is 0.606. The Morgan fingerprint density at radius 2 is 2.22 bits per heavy atom. The maximum absolute atomic E-state index is 9.60. The van der Waals surface area contributed by atoms with Gasteiger partial charge in [0, 0.05) is 13.0 Å². The molecule has 0 aromatic heterocycles. The van der Waals surface area contributed by atoms with Crippen LogP contribution in [0.4, 0.5) is 0 Å². The summed E-state index contributed by atoms with van der Waals surface area (Å²) in [6, 6.07) is 0. The van der Waals surface area contributed by atoms with Gasteiger partial charge in [-0.15, -0.1) is 0 Å². The Kier molecular flexibility index (Phi) is 5.69. The summed E-state index contributed by atoms with van der Waals surface area (Å²) < 4.78 is 16.3. The molecule has 0 bridgehead atoms. The first kappa shape index (κ1) is 13.6. The first-order valence-electron chi connectivity index (χ1n) is 6.51. The lowest BCUT2D eigenvalue weighted by Gasteiger charge is -2.22. The van der Waals surface area contributed by atoms with Crippen molar-refractivity contribution >= 4 is 0 Å². The number of ether oxygens (including phenoxy) is 3. The fourth-order valence-corrected chi connectivity index (χ4v) is 1.98. The Morgan fingerprint density at radius 3 is 3.00 bits per heavy atom. The summed E-state index contributed by atoms with van der Waals surface area (Å²) in [5.41, 5.74) is 0. The van der Waals surface area contributed by atoms with E-state index in [4.69, 9.17) is 14.2 Å². The highest BCUT2D eigenvalue weighted by molar-refractivity contribution is 5.06. The van der Waals surface area contributed by atoms with E-state index < -0.39 is 6.10 Å². The van der Waals surface area contributed by atoms with Gasteiger partial charge in [0.2, 0.25) is 0 Å². The van der Waals surface area contributed by atoms with E-state index in [1.807, 2.05) is 6.08 Å². The molecule has 2 aliphatic heterocycles. The van der Waals surface area contributed by atoms with E-state index in [1.165, 1.54) is 0 Å². The van der Waals surface area contributed by atoms with Crippen LogP contribution in [0.2, 0.25) is 0 Å². The van der Waals surface area contributed by atoms with E-state index in [2.05, 4.69) is 11.8 Å². The van der Waals surface area contributed by atoms with Gasteiger partial charge in [-0.1, -0.05) is 24.0 Å². The van der Waals surface area contributed by atoms with Gasteiger partial charge >= 0.3 is 0 Å². The van der Waals surface area contributed by atoms with Crippen LogP contribution in [-0.2, 0) is 14.2 Å². The summed E-state index contributed by atoms with van der Waals surface area (Å²) >= 11 is 0. The standard InChI is InChI=1S/C14H20O4/c15-12-6-5-11-16-13(12)7-1-3-9-17-14-8-2-4-10-18-14/h5-6,12-15H,2,4,7-11H2/t12-,13-,14?/m1/s1. The topological polar surface area (TPSA) is 47.9 Å². The maximum atomic E-state index is 9.60. The zero-order valence-electron chi connectivity index (χ0n) is 10.5. The summed E-state index contributed by atoms with van der Waals surface area (Å²) in [6.07, 6.45) is 6.48. The summed E-state index contributed by atoms with van der Waals surface area (Å²) in [4.78, 5) is 0. The van der Waals surface area contributed by atoms with Crippen molar-refractivity contribution in [2.24, 2.45) is 0 Å². The number of rotatable bonds is 3. The monoisotopic (exact) mass is 252 g/mol. The number of aliphatic hydroxyl groups is 1. The molecule has 1 saturated heterocycles. The molecule has 0 amide bonds. The predicted octanol–water partition coefficient (Wildman–Crippen LogP) is 1.24. The number of aliphatic hydroxyl groups excluding tert-OH is 1. The van der Waals surface area contributed by atoms with Crippen molar-refractivity contribution in [3.05, 3.63) is 12.2 Å². The smallest absolute Gasteiger partial charge is 0.158 e. The predicted molar refractivity (Wildman–Crippen MR) is 66.8 cm³/mol. The van der Waals surface area contributed by atoms with Crippen molar-refractivity contribution < 1.29 is 19.3 Å². The van der Waals surface area contributed by atoms with Crippen LogP contribution in [-0.4, -0.2) is 43.4 Å². The van der Waals surface area contributed by atoms with Gasteiger partial charge in [-0.3, -0.25) is 0 Å². The third kappa shape index (κ3) is 4.43. The van der Waals surface area contributed by atoms with Crippen molar-refractivity contribution in [2.45, 2.75) is 44.2 Å². The minimum absolute atomic E-state index is 0.0903. The molecular formula is C14H20O4. The molecular weight excluding hydrogens is 232 g/mol. The van der Waals surface area contributed by atoms with Crippen molar-refractivity contribution in [2.75, 3.05) is 19.8 Å². The summed E-state index contributed by atoms with van der Waals surface area (Å²) in [7, 11) is 0. The Morgan fingerprint density at radius 1 is 1.28 bits per heavy atom. The van der Waals surface area contributed by atoms with Gasteiger partial charge in [-0.2, -0.15) is 0 Å². The average molecular weight is 252 g/mol. The lowest BCUT2D eigenvalue weighted by Crippen LogP contribution is -2.30. The number of hydrogen-bond acceptors (Lipinski definition) is 4. The molecule has 2 aliphatic rings. The van der Waals surface area contributed by atoms with E-state index in [0.29, 0.717) is 19.6 Å². The first-order valence-corrected chi connectivity index (χ1v) is 6.51. The number of hydrogen-bond donors (Lipinski definition) is 1. The third-order valence-electron chi connectivity index (χ3n) is 3.03. The van der Waals surface area contributed by atoms with Crippen LogP contribution in [0.15, 0.2) is 12.2 Å². The molecule has 0 saturated carbocycles. The van der Waals surface area contributed by atoms with Crippen LogP contribution in [0.1, 0.15) is 25.7 Å². The second kappa shape index (κ2) is 7.55. The molecule has 0 spiro atoms. The molecule has 0 aromatic rings. The van der Waals surface area contributed by atoms with Crippen molar-refractivity contribution in [1.29, 1.82) is 0 Å². The van der Waals surface area contributed by atoms with Crippen molar-refractivity contribution in [3.8, 4) is 11.8 Å². The Bertz CT molecular complexity index is 322. The van der Waals surface area contributed by atoms with Crippen LogP contribution >= 0.6 is 0 Å². The Hall–Kier alpha value is -0.860. The van der Waals surface area contributed by atoms with Crippen LogP contribution < -0.4 is 0 Å². The first-order chi connectivity index (χ1) is 8.86. The van der Waals surface area contributed by atoms with Gasteiger partial charge in [0.05, 0.1) is 18.8 Å². The summed E-state index contributed by atoms with van der Waals surface area (Å²) in [6.45, 7) is 1.71. The van der Waals surface area contributed by atoms with E-state index >= 15 is 0 Å². The van der Waals surface area contributed by atoms with E-state index in [-0.39, 0.29) is 12.4 Å². The van der Waals surface area contributed by atoms with Gasteiger partial charge in [0.1, 0.15) is 6.61 Å². The SMILES string of the molecule is O[C@@H]1C=CCO[C@@H]1CC#CCOC1CCCCO1. The van der Waals surface area contributed by atoms with E-state index in [9.17, 15) is 5.11 Å². The molecule has 2 heterocycles. The fourth-order valence-electron chi connectivity index (χ4n) is 1.98. The molecule has 0 aromatic carbocycles. The molecule has 4 heteroatoms. The summed E-state index contributed by atoms with van der Waals surface area (Å²) in [5.74, 6) is 5.91. The highest BCUT2D eigenvalue weighted by Crippen LogP contribution is 2.13. The van der Waals surface area contributed by atoms with Gasteiger partial charge in [-0.05, 0) is 19.3 Å². The molecule has 100 valence electrons. The van der Waals surface area contributed by atoms with Crippen molar-refractivity contribution in [3.63, 3.8) is 0 Å². The molecule has 1 N–H and O–H groups in total. The second-order valence-corrected chi connectivity index (χ2v) is 4.46. The Balaban J connectivity index is 1.61. The largest absolute Gasteiger partial charge is 0.386 e. The minimum Gasteiger partial charge on any atom is -0.386 e. The molecule has 3 atom stereocenters. The van der Waals surface area contributed by atoms with E-state index in [0.717, 1.165) is 25.9 Å². The molecule has 0 aliphatic carbocycles. The van der Waals surface area contributed by atoms with Crippen LogP contribution in [0, 0.1) is 11.8 Å². The van der Waals surface area contributed by atoms with Crippen LogP contribution in [0.3, 0.4) is 0 Å². The van der Waals surface area contributed by atoms with Crippen molar-refractivity contribution in [1.82, 2.24) is 0 Å². The average Bonchev–Trinajstić information content (AvgIpc) is 2.42. The molecule has 0 radical (unpaired) electrons. The van der Waals surface area contributed by atoms with Gasteiger partial charge in [0.15, 0.2) is 6.29 Å². The third-order valence-corrected chi connectivity index (χ3v) is 3.03. The zero-order chi connectivity index (χ0) is 12.6. The highest BCUT2D eigenvalue weighted by atomic mass is 16.7. The normalized spacial score (nSPS) is 31.7. The minimum atomic E-state index is -0.546. The molecule has 1 unspecified atom stereocenters. The van der Waals surface area contributed by atoms with Gasteiger partial charge < -0.3 is 19.3 Å². The molecule has 18 heavy (non-hydrogen) atoms. The lowest BCUT2D eigenvalue weighted by atomic mass is 10.1. The zero-order valence-corrected chi connectivity index (χ0v) is 10.5. The second-order valence-electron chi connectivity index (χ2n) is 4.46. The summed E-state index contributed by atoms with van der Waals surface area (Å²) in [5, 5.41) is 9.60. The lowest BCUT2D eigenvalue weighted by molar-refractivity contribution is -0.154. The van der Waals surface area contributed by atoms with Gasteiger partial charge in [0.25, 0.3) is 0 Å². The van der Waals surface area contributed by atoms with Gasteiger partial charge in [-0.25, -0.2) is 0 Å². The molecule has 1 fully saturated rings. The Labute approximate surface area is 108 Å². The fraction of sp³-hybridized carbons (Fsp3) is 0.714. The molecule has 4 nitrogen and oxygen atoms in total. The van der Waals surface area contributed by atoms with Crippen LogP contribution in [0.25, 0.3) is 0 Å².